The van der Waals surface area contributed by atoms with Crippen molar-refractivity contribution in [3.8, 4) is 17.2 Å². The van der Waals surface area contributed by atoms with Crippen molar-refractivity contribution in [3.63, 3.8) is 0 Å². The quantitative estimate of drug-likeness (QED) is 0.491. The number of aryl methyl sites for hydroxylation is 2. The molecule has 8 heteroatoms. The largest absolute Gasteiger partial charge is 0.370 e. The fourth-order valence-corrected chi connectivity index (χ4v) is 6.60. The highest BCUT2D eigenvalue weighted by Gasteiger charge is 2.49. The Hall–Kier alpha value is -3.70. The SMILES string of the molecule is C=CC(=O)N1CC2(CCN(c3nc4c(c(-c5c(C)c(C)cc6cnn(C)c56)c3C#N)COC(C)(C)C4)C2)C1. The van der Waals surface area contributed by atoms with Crippen LogP contribution in [-0.2, 0) is 29.6 Å². The van der Waals surface area contributed by atoms with Crippen molar-refractivity contribution in [2.75, 3.05) is 31.1 Å². The van der Waals surface area contributed by atoms with Crippen molar-refractivity contribution >= 4 is 22.6 Å². The normalized spacial score (nSPS) is 19.4. The maximum Gasteiger partial charge on any atom is 0.245 e. The number of hydrogen-bond donors (Lipinski definition) is 0. The molecule has 1 spiro atoms. The molecule has 3 aliphatic heterocycles. The van der Waals surface area contributed by atoms with Gasteiger partial charge in [0.1, 0.15) is 17.5 Å². The van der Waals surface area contributed by atoms with Crippen LogP contribution in [0, 0.1) is 30.6 Å². The summed E-state index contributed by atoms with van der Waals surface area (Å²) in [6.07, 6.45) is 4.92. The maximum absolute atomic E-state index is 12.1. The molecule has 3 aliphatic rings. The predicted octanol–water partition coefficient (Wildman–Crippen LogP) is 4.20. The van der Waals surface area contributed by atoms with Crippen LogP contribution in [0.25, 0.3) is 22.0 Å². The summed E-state index contributed by atoms with van der Waals surface area (Å²) in [6.45, 7) is 15.5. The molecular formula is C30H34N6O2. The Kier molecular flexibility index (Phi) is 5.45. The molecule has 2 fully saturated rings. The topological polar surface area (TPSA) is 87.3 Å². The Morgan fingerprint density at radius 3 is 2.71 bits per heavy atom. The zero-order chi connectivity index (χ0) is 27.0. The summed E-state index contributed by atoms with van der Waals surface area (Å²) in [7, 11) is 1.96. The summed E-state index contributed by atoms with van der Waals surface area (Å²) in [6, 6.07) is 4.73. The number of aromatic nitrogens is 3. The van der Waals surface area contributed by atoms with Crippen LogP contribution in [0.5, 0.6) is 0 Å². The lowest BCUT2D eigenvalue weighted by molar-refractivity contribution is -0.136. The molecule has 2 aromatic heterocycles. The molecule has 0 unspecified atom stereocenters. The molecule has 5 heterocycles. The minimum Gasteiger partial charge on any atom is -0.370 e. The Morgan fingerprint density at radius 1 is 1.24 bits per heavy atom. The predicted molar refractivity (Wildman–Crippen MR) is 147 cm³/mol. The van der Waals surface area contributed by atoms with E-state index in [9.17, 15) is 10.1 Å². The lowest BCUT2D eigenvalue weighted by Gasteiger charge is -2.47. The summed E-state index contributed by atoms with van der Waals surface area (Å²) in [5.74, 6) is 0.735. The van der Waals surface area contributed by atoms with Gasteiger partial charge in [-0.05, 0) is 57.4 Å². The molecule has 0 saturated carbocycles. The number of amides is 1. The van der Waals surface area contributed by atoms with Crippen LogP contribution < -0.4 is 4.90 Å². The van der Waals surface area contributed by atoms with E-state index in [1.807, 2.05) is 22.8 Å². The fourth-order valence-electron chi connectivity index (χ4n) is 6.60. The first-order chi connectivity index (χ1) is 18.1. The molecule has 1 amide bonds. The minimum atomic E-state index is -0.335. The molecule has 3 aromatic rings. The van der Waals surface area contributed by atoms with Crippen LogP contribution in [0.1, 0.15) is 48.2 Å². The molecule has 0 N–H and O–H groups in total. The number of nitriles is 1. The van der Waals surface area contributed by atoms with Gasteiger partial charge >= 0.3 is 0 Å². The van der Waals surface area contributed by atoms with Crippen LogP contribution in [-0.4, -0.2) is 57.4 Å². The van der Waals surface area contributed by atoms with E-state index >= 15 is 0 Å². The first-order valence-corrected chi connectivity index (χ1v) is 13.2. The first kappa shape index (κ1) is 24.6. The second-order valence-electron chi connectivity index (χ2n) is 11.9. The van der Waals surface area contributed by atoms with E-state index in [0.717, 1.165) is 82.8 Å². The van der Waals surface area contributed by atoms with Crippen LogP contribution in [0.4, 0.5) is 5.82 Å². The van der Waals surface area contributed by atoms with Gasteiger partial charge in [-0.2, -0.15) is 10.4 Å². The Balaban J connectivity index is 1.54. The van der Waals surface area contributed by atoms with Crippen molar-refractivity contribution in [1.29, 1.82) is 5.26 Å². The van der Waals surface area contributed by atoms with Gasteiger partial charge < -0.3 is 14.5 Å². The zero-order valence-electron chi connectivity index (χ0n) is 22.9. The van der Waals surface area contributed by atoms with Crippen LogP contribution in [0.3, 0.4) is 0 Å². The monoisotopic (exact) mass is 510 g/mol. The van der Waals surface area contributed by atoms with Crippen LogP contribution in [0.2, 0.25) is 0 Å². The summed E-state index contributed by atoms with van der Waals surface area (Å²) in [5, 5.41) is 16.3. The van der Waals surface area contributed by atoms with E-state index in [0.29, 0.717) is 18.6 Å². The molecule has 0 aliphatic carbocycles. The van der Waals surface area contributed by atoms with Crippen molar-refractivity contribution in [1.82, 2.24) is 19.7 Å². The number of benzene rings is 1. The number of hydrogen-bond acceptors (Lipinski definition) is 6. The number of rotatable bonds is 3. The Labute approximate surface area is 223 Å². The number of anilines is 1. The van der Waals surface area contributed by atoms with E-state index in [2.05, 4.69) is 56.4 Å². The highest BCUT2D eigenvalue weighted by atomic mass is 16.5. The first-order valence-electron chi connectivity index (χ1n) is 13.2. The van der Waals surface area contributed by atoms with Crippen LogP contribution >= 0.6 is 0 Å². The van der Waals surface area contributed by atoms with Gasteiger partial charge in [0.05, 0.1) is 29.6 Å². The molecule has 0 radical (unpaired) electrons. The molecule has 1 aromatic carbocycles. The molecule has 196 valence electrons. The van der Waals surface area contributed by atoms with E-state index < -0.39 is 0 Å². The van der Waals surface area contributed by atoms with Gasteiger partial charge in [-0.3, -0.25) is 9.48 Å². The van der Waals surface area contributed by atoms with E-state index in [-0.39, 0.29) is 16.9 Å². The van der Waals surface area contributed by atoms with Gasteiger partial charge in [0, 0.05) is 67.1 Å². The van der Waals surface area contributed by atoms with Crippen molar-refractivity contribution < 1.29 is 9.53 Å². The molecule has 2 saturated heterocycles. The fraction of sp³-hybridized carbons (Fsp3) is 0.467. The number of fused-ring (bicyclic) bond motifs is 2. The third-order valence-electron chi connectivity index (χ3n) is 8.75. The van der Waals surface area contributed by atoms with Gasteiger partial charge in [-0.25, -0.2) is 4.98 Å². The van der Waals surface area contributed by atoms with Gasteiger partial charge in [0.2, 0.25) is 5.91 Å². The van der Waals surface area contributed by atoms with Crippen LogP contribution in [0.15, 0.2) is 24.9 Å². The molecule has 6 rings (SSSR count). The lowest BCUT2D eigenvalue weighted by atomic mass is 9.79. The number of pyridine rings is 1. The molecule has 0 bridgehead atoms. The maximum atomic E-state index is 12.1. The van der Waals surface area contributed by atoms with E-state index in [1.165, 1.54) is 6.08 Å². The number of likely N-dealkylation sites (tertiary alicyclic amines) is 1. The summed E-state index contributed by atoms with van der Waals surface area (Å²) < 4.78 is 8.19. The standard InChI is InChI=1S/C30H34N6O2/c1-7-24(37)36-16-30(17-36)8-9-35(15-30)28-21(12-31)26(22-14-38-29(4,5)11-23(22)33-28)25-19(3)18(2)10-20-13-32-34(6)27(20)25/h7,10,13H,1,8-9,11,14-17H2,2-6H3. The average molecular weight is 511 g/mol. The Bertz CT molecular complexity index is 1550. The van der Waals surface area contributed by atoms with Gasteiger partial charge in [0.15, 0.2) is 0 Å². The van der Waals surface area contributed by atoms with Gasteiger partial charge in [0.25, 0.3) is 0 Å². The number of carbonyl (C=O) groups excluding carboxylic acids is 1. The molecular weight excluding hydrogens is 476 g/mol. The molecule has 38 heavy (non-hydrogen) atoms. The summed E-state index contributed by atoms with van der Waals surface area (Å²) >= 11 is 0. The highest BCUT2D eigenvalue weighted by Crippen LogP contribution is 2.46. The van der Waals surface area contributed by atoms with Crippen molar-refractivity contribution in [2.24, 2.45) is 12.5 Å². The van der Waals surface area contributed by atoms with E-state index in [4.69, 9.17) is 9.72 Å². The van der Waals surface area contributed by atoms with Crippen molar-refractivity contribution in [3.05, 3.63) is 52.9 Å². The van der Waals surface area contributed by atoms with Gasteiger partial charge in [-0.1, -0.05) is 6.58 Å². The number of nitrogens with zero attached hydrogens (tertiary/aromatic N) is 6. The van der Waals surface area contributed by atoms with E-state index in [1.54, 1.807) is 0 Å². The second-order valence-corrected chi connectivity index (χ2v) is 11.9. The Morgan fingerprint density at radius 2 is 2.00 bits per heavy atom. The third-order valence-corrected chi connectivity index (χ3v) is 8.75. The summed E-state index contributed by atoms with van der Waals surface area (Å²) in [5.41, 5.74) is 7.59. The summed E-state index contributed by atoms with van der Waals surface area (Å²) in [4.78, 5) is 21.4. The van der Waals surface area contributed by atoms with Crippen molar-refractivity contribution in [2.45, 2.75) is 52.7 Å². The van der Waals surface area contributed by atoms with Gasteiger partial charge in [-0.15, -0.1) is 0 Å². The number of ether oxygens (including phenoxy) is 1. The molecule has 0 atom stereocenters. The third kappa shape index (κ3) is 3.64. The number of carbonyl (C=O) groups is 1. The lowest BCUT2D eigenvalue weighted by Crippen LogP contribution is -2.59. The smallest absolute Gasteiger partial charge is 0.245 e. The second kappa shape index (κ2) is 8.40. The average Bonchev–Trinajstić information content (AvgIpc) is 3.46. The molecule has 8 nitrogen and oxygen atoms in total. The minimum absolute atomic E-state index is 0.0154. The zero-order valence-corrected chi connectivity index (χ0v) is 22.9. The highest BCUT2D eigenvalue weighted by molar-refractivity contribution is 6.00.